The van der Waals surface area contributed by atoms with Gasteiger partial charge in [0, 0.05) is 17.8 Å². The van der Waals surface area contributed by atoms with Crippen LogP contribution in [0.3, 0.4) is 0 Å². The minimum absolute atomic E-state index is 0.0980. The molecule has 20 heavy (non-hydrogen) atoms. The molecule has 0 saturated heterocycles. The van der Waals surface area contributed by atoms with Crippen molar-refractivity contribution in [3.8, 4) is 11.6 Å². The van der Waals surface area contributed by atoms with E-state index < -0.39 is 0 Å². The van der Waals surface area contributed by atoms with E-state index in [1.165, 1.54) is 7.11 Å². The van der Waals surface area contributed by atoms with Crippen molar-refractivity contribution in [2.45, 2.75) is 13.5 Å². The molecule has 2 heterocycles. The maximum atomic E-state index is 11.6. The normalized spacial score (nSPS) is 10.9. The van der Waals surface area contributed by atoms with E-state index in [1.807, 2.05) is 34.9 Å². The molecule has 102 valence electrons. The average molecular weight is 271 g/mol. The summed E-state index contributed by atoms with van der Waals surface area (Å²) in [4.78, 5) is 11.6. The zero-order valence-electron chi connectivity index (χ0n) is 11.2. The van der Waals surface area contributed by atoms with E-state index in [9.17, 15) is 4.79 Å². The van der Waals surface area contributed by atoms with E-state index in [2.05, 4.69) is 10.2 Å². The van der Waals surface area contributed by atoms with Gasteiger partial charge in [0.15, 0.2) is 0 Å². The number of ether oxygens (including phenoxy) is 1. The van der Waals surface area contributed by atoms with Gasteiger partial charge in [-0.25, -0.2) is 0 Å². The lowest BCUT2D eigenvalue weighted by atomic mass is 10.2. The summed E-state index contributed by atoms with van der Waals surface area (Å²) in [5.41, 5.74) is 1.63. The largest absolute Gasteiger partial charge is 0.468 e. The van der Waals surface area contributed by atoms with Gasteiger partial charge in [0.25, 0.3) is 5.89 Å². The Morgan fingerprint density at radius 1 is 1.35 bits per heavy atom. The molecule has 1 aromatic carbocycles. The number of para-hydroxylation sites is 1. The molecule has 0 fully saturated rings. The molecule has 3 aromatic rings. The van der Waals surface area contributed by atoms with Crippen LogP contribution in [0.15, 0.2) is 34.7 Å². The standard InChI is InChI=1S/C14H13N3O3/c1-9-15-16-14(20-9)12-7-10-5-3-4-6-11(10)17(12)8-13(18)19-2/h3-7H,8H2,1-2H3. The fourth-order valence-electron chi connectivity index (χ4n) is 2.15. The summed E-state index contributed by atoms with van der Waals surface area (Å²) in [6.45, 7) is 1.82. The lowest BCUT2D eigenvalue weighted by Gasteiger charge is -2.06. The smallest absolute Gasteiger partial charge is 0.325 e. The number of carbonyl (C=O) groups is 1. The third-order valence-electron chi connectivity index (χ3n) is 3.07. The second kappa shape index (κ2) is 4.80. The van der Waals surface area contributed by atoms with E-state index in [4.69, 9.17) is 9.15 Å². The quantitative estimate of drug-likeness (QED) is 0.683. The number of benzene rings is 1. The van der Waals surface area contributed by atoms with Gasteiger partial charge in [-0.05, 0) is 12.1 Å². The highest BCUT2D eigenvalue weighted by Gasteiger charge is 2.17. The van der Waals surface area contributed by atoms with Crippen molar-refractivity contribution in [1.82, 2.24) is 14.8 Å². The zero-order valence-corrected chi connectivity index (χ0v) is 11.2. The molecule has 0 bridgehead atoms. The molecule has 6 nitrogen and oxygen atoms in total. The first-order valence-electron chi connectivity index (χ1n) is 6.14. The first kappa shape index (κ1) is 12.4. The molecule has 0 unspecified atom stereocenters. The minimum atomic E-state index is -0.330. The van der Waals surface area contributed by atoms with Gasteiger partial charge in [0.05, 0.1) is 7.11 Å². The van der Waals surface area contributed by atoms with Crippen molar-refractivity contribution >= 4 is 16.9 Å². The number of aromatic nitrogens is 3. The van der Waals surface area contributed by atoms with E-state index >= 15 is 0 Å². The molecule has 3 rings (SSSR count). The second-order valence-corrected chi connectivity index (χ2v) is 4.38. The molecule has 0 radical (unpaired) electrons. The number of esters is 1. The van der Waals surface area contributed by atoms with Crippen molar-refractivity contribution < 1.29 is 13.9 Å². The van der Waals surface area contributed by atoms with E-state index in [-0.39, 0.29) is 12.5 Å². The van der Waals surface area contributed by atoms with Gasteiger partial charge in [0.2, 0.25) is 5.89 Å². The fraction of sp³-hybridized carbons (Fsp3) is 0.214. The van der Waals surface area contributed by atoms with Crippen molar-refractivity contribution in [1.29, 1.82) is 0 Å². The topological polar surface area (TPSA) is 70.2 Å². The predicted molar refractivity (Wildman–Crippen MR) is 72.0 cm³/mol. The Morgan fingerprint density at radius 2 is 2.15 bits per heavy atom. The lowest BCUT2D eigenvalue weighted by Crippen LogP contribution is -2.12. The van der Waals surface area contributed by atoms with Crippen LogP contribution in [0.5, 0.6) is 0 Å². The van der Waals surface area contributed by atoms with E-state index in [0.717, 1.165) is 10.9 Å². The van der Waals surface area contributed by atoms with Gasteiger partial charge in [0.1, 0.15) is 12.2 Å². The fourth-order valence-corrected chi connectivity index (χ4v) is 2.15. The Morgan fingerprint density at radius 3 is 2.85 bits per heavy atom. The van der Waals surface area contributed by atoms with E-state index in [0.29, 0.717) is 17.5 Å². The molecule has 6 heteroatoms. The second-order valence-electron chi connectivity index (χ2n) is 4.38. The first-order valence-corrected chi connectivity index (χ1v) is 6.14. The van der Waals surface area contributed by atoms with Crippen LogP contribution >= 0.6 is 0 Å². The van der Waals surface area contributed by atoms with Crippen LogP contribution in [-0.2, 0) is 16.1 Å². The van der Waals surface area contributed by atoms with Gasteiger partial charge in [-0.1, -0.05) is 18.2 Å². The number of hydrogen-bond acceptors (Lipinski definition) is 5. The highest BCUT2D eigenvalue weighted by Crippen LogP contribution is 2.27. The summed E-state index contributed by atoms with van der Waals surface area (Å²) in [6.07, 6.45) is 0. The zero-order chi connectivity index (χ0) is 14.1. The number of rotatable bonds is 3. The van der Waals surface area contributed by atoms with Gasteiger partial charge >= 0.3 is 5.97 Å². The maximum absolute atomic E-state index is 11.6. The summed E-state index contributed by atoms with van der Waals surface area (Å²) in [5, 5.41) is 8.84. The Kier molecular flexibility index (Phi) is 2.98. The summed E-state index contributed by atoms with van der Waals surface area (Å²) in [5.74, 6) is 0.543. The van der Waals surface area contributed by atoms with Crippen LogP contribution in [-0.4, -0.2) is 27.8 Å². The summed E-state index contributed by atoms with van der Waals surface area (Å²) < 4.78 is 12.0. The summed E-state index contributed by atoms with van der Waals surface area (Å²) in [7, 11) is 1.37. The first-order chi connectivity index (χ1) is 9.69. The molecule has 0 aliphatic heterocycles. The van der Waals surface area contributed by atoms with Crippen LogP contribution in [0, 0.1) is 6.92 Å². The highest BCUT2D eigenvalue weighted by molar-refractivity contribution is 5.87. The highest BCUT2D eigenvalue weighted by atomic mass is 16.5. The van der Waals surface area contributed by atoms with Crippen molar-refractivity contribution in [3.63, 3.8) is 0 Å². The average Bonchev–Trinajstić information content (AvgIpc) is 3.03. The maximum Gasteiger partial charge on any atom is 0.325 e. The minimum Gasteiger partial charge on any atom is -0.468 e. The molecular formula is C14H13N3O3. The molecule has 0 aliphatic rings. The van der Waals surface area contributed by atoms with Gasteiger partial charge in [-0.15, -0.1) is 10.2 Å². The molecular weight excluding hydrogens is 258 g/mol. The Bertz CT molecular complexity index is 773. The van der Waals surface area contributed by atoms with Gasteiger partial charge in [-0.2, -0.15) is 0 Å². The van der Waals surface area contributed by atoms with Gasteiger partial charge < -0.3 is 13.7 Å². The predicted octanol–water partition coefficient (Wildman–Crippen LogP) is 2.17. The molecule has 0 spiro atoms. The molecule has 0 saturated carbocycles. The lowest BCUT2D eigenvalue weighted by molar-refractivity contribution is -0.141. The van der Waals surface area contributed by atoms with Crippen LogP contribution in [0.1, 0.15) is 5.89 Å². The molecule has 0 N–H and O–H groups in total. The third kappa shape index (κ3) is 2.05. The molecule has 0 aliphatic carbocycles. The number of carbonyl (C=O) groups excluding carboxylic acids is 1. The SMILES string of the molecule is COC(=O)Cn1c(-c2nnc(C)o2)cc2ccccc21. The number of hydrogen-bond donors (Lipinski definition) is 0. The van der Waals surface area contributed by atoms with Crippen molar-refractivity contribution in [2.75, 3.05) is 7.11 Å². The summed E-state index contributed by atoms with van der Waals surface area (Å²) >= 11 is 0. The Balaban J connectivity index is 2.19. The van der Waals surface area contributed by atoms with Crippen LogP contribution in [0.2, 0.25) is 0 Å². The van der Waals surface area contributed by atoms with Gasteiger partial charge in [-0.3, -0.25) is 4.79 Å². The van der Waals surface area contributed by atoms with Crippen LogP contribution < -0.4 is 0 Å². The van der Waals surface area contributed by atoms with Crippen molar-refractivity contribution in [3.05, 3.63) is 36.2 Å². The monoisotopic (exact) mass is 271 g/mol. The van der Waals surface area contributed by atoms with E-state index in [1.54, 1.807) is 6.92 Å². The summed E-state index contributed by atoms with van der Waals surface area (Å²) in [6, 6.07) is 9.68. The molecule has 2 aromatic heterocycles. The van der Waals surface area contributed by atoms with Crippen LogP contribution in [0.4, 0.5) is 0 Å². The number of nitrogens with zero attached hydrogens (tertiary/aromatic N) is 3. The number of fused-ring (bicyclic) bond motifs is 1. The molecule has 0 amide bonds. The molecule has 0 atom stereocenters. The van der Waals surface area contributed by atoms with Crippen LogP contribution in [0.25, 0.3) is 22.5 Å². The Hall–Kier alpha value is -2.63. The Labute approximate surface area is 115 Å². The third-order valence-corrected chi connectivity index (χ3v) is 3.07. The number of methoxy groups -OCH3 is 1. The van der Waals surface area contributed by atoms with Crippen molar-refractivity contribution in [2.24, 2.45) is 0 Å². The number of aryl methyl sites for hydroxylation is 1.